The minimum absolute atomic E-state index is 0.507. The normalized spacial score (nSPS) is 19.5. The number of ether oxygens (including phenoxy) is 1. The lowest BCUT2D eigenvalue weighted by Gasteiger charge is -2.20. The summed E-state index contributed by atoms with van der Waals surface area (Å²) in [5.74, 6) is 1.57. The predicted octanol–water partition coefficient (Wildman–Crippen LogP) is 3.94. The highest BCUT2D eigenvalue weighted by Gasteiger charge is 2.20. The first-order chi connectivity index (χ1) is 8.63. The van der Waals surface area contributed by atoms with Gasteiger partial charge in [-0.3, -0.25) is 0 Å². The molecule has 1 atom stereocenters. The average molecular weight is 247 g/mol. The summed E-state index contributed by atoms with van der Waals surface area (Å²) in [4.78, 5) is 0. The Labute approximate surface area is 111 Å². The third-order valence-electron chi connectivity index (χ3n) is 3.76. The zero-order valence-corrected chi connectivity index (χ0v) is 12.0. The Morgan fingerprint density at radius 3 is 2.72 bits per heavy atom. The second-order valence-corrected chi connectivity index (χ2v) is 5.48. The summed E-state index contributed by atoms with van der Waals surface area (Å²) in [7, 11) is 0. The summed E-state index contributed by atoms with van der Waals surface area (Å²) in [6, 6.07) is 5.11. The number of hydrogen-bond acceptors (Lipinski definition) is 2. The molecule has 0 aliphatic carbocycles. The average Bonchev–Trinajstić information content (AvgIpc) is 2.82. The number of nitrogens with one attached hydrogen (secondary N) is 1. The van der Waals surface area contributed by atoms with Crippen LogP contribution in [0, 0.1) is 6.92 Å². The standard InChI is InChI=1S/C16H25NO/c1-5-18-16-9-12(4)14(10-13(16)11(2)3)15-7-6-8-17-15/h9-11,15,17H,5-8H2,1-4H3. The van der Waals surface area contributed by atoms with Gasteiger partial charge in [0.2, 0.25) is 0 Å². The van der Waals surface area contributed by atoms with Crippen LogP contribution in [0.5, 0.6) is 5.75 Å². The van der Waals surface area contributed by atoms with E-state index in [1.165, 1.54) is 29.5 Å². The Morgan fingerprint density at radius 2 is 2.17 bits per heavy atom. The van der Waals surface area contributed by atoms with Crippen LogP contribution in [-0.2, 0) is 0 Å². The van der Waals surface area contributed by atoms with E-state index in [0.29, 0.717) is 12.0 Å². The van der Waals surface area contributed by atoms with Crippen LogP contribution in [0.3, 0.4) is 0 Å². The fraction of sp³-hybridized carbons (Fsp3) is 0.625. The first-order valence-corrected chi connectivity index (χ1v) is 7.14. The molecule has 1 aliphatic rings. The smallest absolute Gasteiger partial charge is 0.123 e. The van der Waals surface area contributed by atoms with Crippen molar-refractivity contribution < 1.29 is 4.74 Å². The van der Waals surface area contributed by atoms with Crippen LogP contribution >= 0.6 is 0 Å². The Kier molecular flexibility index (Phi) is 4.28. The van der Waals surface area contributed by atoms with E-state index in [1.54, 1.807) is 0 Å². The summed E-state index contributed by atoms with van der Waals surface area (Å²) < 4.78 is 5.78. The summed E-state index contributed by atoms with van der Waals surface area (Å²) in [5.41, 5.74) is 4.15. The lowest BCUT2D eigenvalue weighted by atomic mass is 9.92. The fourth-order valence-corrected chi connectivity index (χ4v) is 2.77. The van der Waals surface area contributed by atoms with Crippen LogP contribution in [0.15, 0.2) is 12.1 Å². The van der Waals surface area contributed by atoms with E-state index in [0.717, 1.165) is 18.9 Å². The van der Waals surface area contributed by atoms with Gasteiger partial charge in [0.25, 0.3) is 0 Å². The highest BCUT2D eigenvalue weighted by atomic mass is 16.5. The maximum atomic E-state index is 5.78. The van der Waals surface area contributed by atoms with E-state index in [-0.39, 0.29) is 0 Å². The molecule has 100 valence electrons. The van der Waals surface area contributed by atoms with E-state index in [4.69, 9.17) is 4.74 Å². The number of hydrogen-bond donors (Lipinski definition) is 1. The van der Waals surface area contributed by atoms with Gasteiger partial charge in [-0.15, -0.1) is 0 Å². The van der Waals surface area contributed by atoms with Crippen molar-refractivity contribution in [3.63, 3.8) is 0 Å². The van der Waals surface area contributed by atoms with Gasteiger partial charge in [-0.2, -0.15) is 0 Å². The summed E-state index contributed by atoms with van der Waals surface area (Å²) in [6.07, 6.45) is 2.54. The van der Waals surface area contributed by atoms with Gasteiger partial charge < -0.3 is 10.1 Å². The Hall–Kier alpha value is -1.02. The van der Waals surface area contributed by atoms with Crippen LogP contribution in [0.1, 0.15) is 62.3 Å². The predicted molar refractivity (Wildman–Crippen MR) is 76.4 cm³/mol. The lowest BCUT2D eigenvalue weighted by molar-refractivity contribution is 0.334. The number of benzene rings is 1. The van der Waals surface area contributed by atoms with Crippen molar-refractivity contribution >= 4 is 0 Å². The van der Waals surface area contributed by atoms with Gasteiger partial charge in [0, 0.05) is 6.04 Å². The molecule has 2 rings (SSSR count). The van der Waals surface area contributed by atoms with Crippen molar-refractivity contribution in [2.75, 3.05) is 13.2 Å². The third-order valence-corrected chi connectivity index (χ3v) is 3.76. The van der Waals surface area contributed by atoms with Gasteiger partial charge in [-0.25, -0.2) is 0 Å². The quantitative estimate of drug-likeness (QED) is 0.870. The molecule has 0 radical (unpaired) electrons. The van der Waals surface area contributed by atoms with Crippen molar-refractivity contribution in [2.24, 2.45) is 0 Å². The Bertz CT molecular complexity index is 406. The molecule has 0 saturated carbocycles. The van der Waals surface area contributed by atoms with Crippen molar-refractivity contribution in [3.05, 3.63) is 28.8 Å². The molecular weight excluding hydrogens is 222 g/mol. The van der Waals surface area contributed by atoms with Crippen molar-refractivity contribution in [1.82, 2.24) is 5.32 Å². The van der Waals surface area contributed by atoms with E-state index in [9.17, 15) is 0 Å². The van der Waals surface area contributed by atoms with Crippen LogP contribution in [0.4, 0.5) is 0 Å². The van der Waals surface area contributed by atoms with Crippen molar-refractivity contribution in [3.8, 4) is 5.75 Å². The second kappa shape index (κ2) is 5.75. The molecule has 1 N–H and O–H groups in total. The van der Waals surface area contributed by atoms with Crippen LogP contribution in [-0.4, -0.2) is 13.2 Å². The minimum Gasteiger partial charge on any atom is -0.494 e. The van der Waals surface area contributed by atoms with Crippen molar-refractivity contribution in [1.29, 1.82) is 0 Å². The minimum atomic E-state index is 0.507. The molecule has 1 aromatic rings. The Balaban J connectivity index is 2.39. The van der Waals surface area contributed by atoms with E-state index in [2.05, 4.69) is 38.2 Å². The topological polar surface area (TPSA) is 21.3 Å². The molecule has 0 amide bonds. The molecule has 2 nitrogen and oxygen atoms in total. The SMILES string of the molecule is CCOc1cc(C)c(C2CCCN2)cc1C(C)C. The van der Waals surface area contributed by atoms with Crippen LogP contribution in [0.2, 0.25) is 0 Å². The van der Waals surface area contributed by atoms with Gasteiger partial charge in [-0.05, 0) is 61.9 Å². The monoisotopic (exact) mass is 247 g/mol. The van der Waals surface area contributed by atoms with Gasteiger partial charge in [0.1, 0.15) is 5.75 Å². The second-order valence-electron chi connectivity index (χ2n) is 5.48. The van der Waals surface area contributed by atoms with E-state index >= 15 is 0 Å². The molecule has 1 fully saturated rings. The van der Waals surface area contributed by atoms with Gasteiger partial charge in [0.15, 0.2) is 0 Å². The van der Waals surface area contributed by atoms with E-state index < -0.39 is 0 Å². The zero-order chi connectivity index (χ0) is 13.1. The molecule has 0 aromatic heterocycles. The first-order valence-electron chi connectivity index (χ1n) is 7.14. The van der Waals surface area contributed by atoms with Gasteiger partial charge in [-0.1, -0.05) is 19.9 Å². The molecule has 1 unspecified atom stereocenters. The maximum absolute atomic E-state index is 5.78. The summed E-state index contributed by atoms with van der Waals surface area (Å²) >= 11 is 0. The molecule has 1 saturated heterocycles. The van der Waals surface area contributed by atoms with Gasteiger partial charge >= 0.3 is 0 Å². The van der Waals surface area contributed by atoms with Crippen LogP contribution in [0.25, 0.3) is 0 Å². The van der Waals surface area contributed by atoms with Crippen LogP contribution < -0.4 is 10.1 Å². The molecule has 1 aromatic carbocycles. The third kappa shape index (κ3) is 2.69. The largest absolute Gasteiger partial charge is 0.494 e. The molecule has 1 aliphatic heterocycles. The zero-order valence-electron chi connectivity index (χ0n) is 12.0. The molecule has 0 spiro atoms. The highest BCUT2D eigenvalue weighted by Crippen LogP contribution is 2.34. The maximum Gasteiger partial charge on any atom is 0.123 e. The fourth-order valence-electron chi connectivity index (χ4n) is 2.77. The molecule has 1 heterocycles. The first kappa shape index (κ1) is 13.4. The summed E-state index contributed by atoms with van der Waals surface area (Å²) in [5, 5.41) is 3.59. The molecule has 18 heavy (non-hydrogen) atoms. The number of rotatable bonds is 4. The van der Waals surface area contributed by atoms with E-state index in [1.807, 2.05) is 6.92 Å². The summed E-state index contributed by atoms with van der Waals surface area (Å²) in [6.45, 7) is 10.6. The molecule has 0 bridgehead atoms. The van der Waals surface area contributed by atoms with Crippen molar-refractivity contribution in [2.45, 2.75) is 52.5 Å². The Morgan fingerprint density at radius 1 is 1.39 bits per heavy atom. The lowest BCUT2D eigenvalue weighted by Crippen LogP contribution is -2.15. The molecular formula is C16H25NO. The van der Waals surface area contributed by atoms with Gasteiger partial charge in [0.05, 0.1) is 6.61 Å². The highest BCUT2D eigenvalue weighted by molar-refractivity contribution is 5.45. The molecule has 2 heteroatoms. The number of aryl methyl sites for hydroxylation is 1.